The summed E-state index contributed by atoms with van der Waals surface area (Å²) in [5.74, 6) is 0.122. The molecule has 1 aromatic rings. The van der Waals surface area contributed by atoms with Crippen LogP contribution in [0.25, 0.3) is 0 Å². The third-order valence-electron chi connectivity index (χ3n) is 4.56. The summed E-state index contributed by atoms with van der Waals surface area (Å²) < 4.78 is 0. The molecule has 1 aromatic heterocycles. The molecule has 0 unspecified atom stereocenters. The second-order valence-corrected chi connectivity index (χ2v) is 5.99. The van der Waals surface area contributed by atoms with Crippen LogP contribution in [0.3, 0.4) is 0 Å². The lowest BCUT2D eigenvalue weighted by molar-refractivity contribution is -0.138. The van der Waals surface area contributed by atoms with Crippen LogP contribution < -0.4 is 5.32 Å². The van der Waals surface area contributed by atoms with Gasteiger partial charge in [0, 0.05) is 31.9 Å². The summed E-state index contributed by atoms with van der Waals surface area (Å²) in [4.78, 5) is 30.6. The smallest absolute Gasteiger partial charge is 0.248 e. The monoisotopic (exact) mass is 287 g/mol. The molecule has 112 valence electrons. The molecule has 1 saturated heterocycles. The second-order valence-electron chi connectivity index (χ2n) is 5.99. The fraction of sp³-hybridized carbons (Fsp3) is 0.562. The lowest BCUT2D eigenvalue weighted by atomic mass is 9.95. The van der Waals surface area contributed by atoms with E-state index in [0.29, 0.717) is 19.5 Å². The van der Waals surface area contributed by atoms with E-state index in [-0.39, 0.29) is 11.8 Å². The van der Waals surface area contributed by atoms with Crippen LogP contribution in [0, 0.1) is 0 Å². The summed E-state index contributed by atoms with van der Waals surface area (Å²) in [5.41, 5.74) is 0.549. The minimum Gasteiger partial charge on any atom is -0.342 e. The Labute approximate surface area is 124 Å². The van der Waals surface area contributed by atoms with Crippen LogP contribution in [0.5, 0.6) is 0 Å². The Morgan fingerprint density at radius 3 is 2.62 bits per heavy atom. The SMILES string of the molecule is O=C1CCN(CCc2ccncc2)C(=O)C2(CCCC2)N1. The Balaban J connectivity index is 1.71. The van der Waals surface area contributed by atoms with Gasteiger partial charge < -0.3 is 10.2 Å². The first-order valence-electron chi connectivity index (χ1n) is 7.69. The van der Waals surface area contributed by atoms with Crippen molar-refractivity contribution in [3.8, 4) is 0 Å². The number of amides is 2. The van der Waals surface area contributed by atoms with Gasteiger partial charge in [0.05, 0.1) is 0 Å². The normalized spacial score (nSPS) is 21.4. The van der Waals surface area contributed by atoms with Crippen LogP contribution in [0.15, 0.2) is 24.5 Å². The van der Waals surface area contributed by atoms with Crippen molar-refractivity contribution in [3.63, 3.8) is 0 Å². The number of carbonyl (C=O) groups is 2. The van der Waals surface area contributed by atoms with Crippen molar-refractivity contribution in [1.29, 1.82) is 0 Å². The molecule has 5 nitrogen and oxygen atoms in total. The molecule has 1 N–H and O–H groups in total. The zero-order chi connectivity index (χ0) is 14.7. The number of nitrogens with one attached hydrogen (secondary N) is 1. The fourth-order valence-electron chi connectivity index (χ4n) is 3.37. The molecule has 1 aliphatic carbocycles. The molecule has 1 spiro atoms. The number of nitrogens with zero attached hydrogens (tertiary/aromatic N) is 2. The number of carbonyl (C=O) groups excluding carboxylic acids is 2. The molecule has 3 rings (SSSR count). The van der Waals surface area contributed by atoms with E-state index in [4.69, 9.17) is 0 Å². The van der Waals surface area contributed by atoms with Crippen molar-refractivity contribution >= 4 is 11.8 Å². The first kappa shape index (κ1) is 14.0. The summed E-state index contributed by atoms with van der Waals surface area (Å²) in [5, 5.41) is 2.99. The number of pyridine rings is 1. The van der Waals surface area contributed by atoms with Crippen LogP contribution in [0.4, 0.5) is 0 Å². The first-order chi connectivity index (χ1) is 10.2. The van der Waals surface area contributed by atoms with E-state index < -0.39 is 5.54 Å². The molecule has 5 heteroatoms. The van der Waals surface area contributed by atoms with Crippen molar-refractivity contribution < 1.29 is 9.59 Å². The molecule has 0 atom stereocenters. The van der Waals surface area contributed by atoms with E-state index >= 15 is 0 Å². The Morgan fingerprint density at radius 2 is 1.90 bits per heavy atom. The minimum absolute atomic E-state index is 0.0108. The van der Waals surface area contributed by atoms with E-state index in [9.17, 15) is 9.59 Å². The molecule has 2 heterocycles. The first-order valence-corrected chi connectivity index (χ1v) is 7.69. The topological polar surface area (TPSA) is 62.3 Å². The summed E-state index contributed by atoms with van der Waals surface area (Å²) in [7, 11) is 0. The lowest BCUT2D eigenvalue weighted by Crippen LogP contribution is -2.55. The maximum absolute atomic E-state index is 12.8. The molecule has 0 aromatic carbocycles. The molecular weight excluding hydrogens is 266 g/mol. The van der Waals surface area contributed by atoms with Crippen molar-refractivity contribution in [1.82, 2.24) is 15.2 Å². The third-order valence-corrected chi connectivity index (χ3v) is 4.56. The van der Waals surface area contributed by atoms with Crippen molar-refractivity contribution in [2.75, 3.05) is 13.1 Å². The number of rotatable bonds is 3. The van der Waals surface area contributed by atoms with Gasteiger partial charge in [0.2, 0.25) is 11.8 Å². The van der Waals surface area contributed by atoms with Gasteiger partial charge in [0.1, 0.15) is 5.54 Å². The molecular formula is C16H21N3O2. The standard InChI is InChI=1S/C16H21N3O2/c20-14-6-12-19(11-5-13-3-9-17-10-4-13)15(21)16(18-14)7-1-2-8-16/h3-4,9-10H,1-2,5-8,11-12H2,(H,18,20). The Bertz CT molecular complexity index is 524. The quantitative estimate of drug-likeness (QED) is 0.911. The Hall–Kier alpha value is -1.91. The highest BCUT2D eigenvalue weighted by Crippen LogP contribution is 2.33. The fourth-order valence-corrected chi connectivity index (χ4v) is 3.37. The van der Waals surface area contributed by atoms with Gasteiger partial charge in [-0.05, 0) is 37.0 Å². The van der Waals surface area contributed by atoms with Crippen LogP contribution in [-0.4, -0.2) is 40.3 Å². The Kier molecular flexibility index (Phi) is 3.90. The van der Waals surface area contributed by atoms with E-state index in [2.05, 4.69) is 10.3 Å². The number of aromatic nitrogens is 1. The summed E-state index contributed by atoms with van der Waals surface area (Å²) >= 11 is 0. The van der Waals surface area contributed by atoms with Crippen molar-refractivity contribution in [2.24, 2.45) is 0 Å². The van der Waals surface area contributed by atoms with Gasteiger partial charge in [-0.25, -0.2) is 0 Å². The van der Waals surface area contributed by atoms with Gasteiger partial charge in [-0.2, -0.15) is 0 Å². The highest BCUT2D eigenvalue weighted by Gasteiger charge is 2.46. The van der Waals surface area contributed by atoms with Gasteiger partial charge in [-0.15, -0.1) is 0 Å². The Morgan fingerprint density at radius 1 is 1.19 bits per heavy atom. The lowest BCUT2D eigenvalue weighted by Gasteiger charge is -2.31. The van der Waals surface area contributed by atoms with Crippen molar-refractivity contribution in [3.05, 3.63) is 30.1 Å². The molecule has 2 amide bonds. The van der Waals surface area contributed by atoms with Gasteiger partial charge >= 0.3 is 0 Å². The number of hydrogen-bond donors (Lipinski definition) is 1. The maximum atomic E-state index is 12.8. The highest BCUT2D eigenvalue weighted by atomic mass is 16.2. The maximum Gasteiger partial charge on any atom is 0.248 e. The van der Waals surface area contributed by atoms with Gasteiger partial charge in [-0.1, -0.05) is 12.8 Å². The van der Waals surface area contributed by atoms with Crippen LogP contribution in [-0.2, 0) is 16.0 Å². The predicted octanol–water partition coefficient (Wildman–Crippen LogP) is 1.29. The minimum atomic E-state index is -0.619. The zero-order valence-electron chi connectivity index (χ0n) is 12.2. The highest BCUT2D eigenvalue weighted by molar-refractivity contribution is 5.93. The van der Waals surface area contributed by atoms with E-state index in [1.807, 2.05) is 17.0 Å². The molecule has 2 fully saturated rings. The molecule has 0 radical (unpaired) electrons. The second kappa shape index (κ2) is 5.84. The van der Waals surface area contributed by atoms with E-state index in [0.717, 1.165) is 32.1 Å². The summed E-state index contributed by atoms with van der Waals surface area (Å²) in [6, 6.07) is 3.94. The van der Waals surface area contributed by atoms with Gasteiger partial charge in [0.15, 0.2) is 0 Å². The largest absolute Gasteiger partial charge is 0.342 e. The molecule has 1 saturated carbocycles. The van der Waals surface area contributed by atoms with Crippen LogP contribution >= 0.6 is 0 Å². The van der Waals surface area contributed by atoms with Crippen molar-refractivity contribution in [2.45, 2.75) is 44.1 Å². The van der Waals surface area contributed by atoms with Crippen LogP contribution in [0.1, 0.15) is 37.7 Å². The average molecular weight is 287 g/mol. The molecule has 0 bridgehead atoms. The zero-order valence-corrected chi connectivity index (χ0v) is 12.2. The molecule has 21 heavy (non-hydrogen) atoms. The van der Waals surface area contributed by atoms with E-state index in [1.165, 1.54) is 5.56 Å². The predicted molar refractivity (Wildman–Crippen MR) is 78.5 cm³/mol. The van der Waals surface area contributed by atoms with Gasteiger partial charge in [0.25, 0.3) is 0 Å². The molecule has 2 aliphatic rings. The van der Waals surface area contributed by atoms with Crippen LogP contribution in [0.2, 0.25) is 0 Å². The average Bonchev–Trinajstić information content (AvgIpc) is 2.93. The third kappa shape index (κ3) is 2.91. The summed E-state index contributed by atoms with van der Waals surface area (Å²) in [6.45, 7) is 1.19. The van der Waals surface area contributed by atoms with Gasteiger partial charge in [-0.3, -0.25) is 14.6 Å². The molecule has 1 aliphatic heterocycles. The van der Waals surface area contributed by atoms with E-state index in [1.54, 1.807) is 12.4 Å². The summed E-state index contributed by atoms with van der Waals surface area (Å²) in [6.07, 6.45) is 8.34. The number of hydrogen-bond acceptors (Lipinski definition) is 3.